The van der Waals surface area contributed by atoms with E-state index in [2.05, 4.69) is 10.0 Å². The minimum absolute atomic E-state index is 0.519. The molecular weight excluding hydrogens is 272 g/mol. The zero-order chi connectivity index (χ0) is 13.8. The molecule has 1 rings (SSSR count). The van der Waals surface area contributed by atoms with Gasteiger partial charge < -0.3 is 5.32 Å². The minimum Gasteiger partial charge on any atom is -0.311 e. The van der Waals surface area contributed by atoms with Crippen LogP contribution in [-0.2, 0) is 16.6 Å². The Morgan fingerprint density at radius 1 is 1.28 bits per heavy atom. The second-order valence-electron chi connectivity index (χ2n) is 4.95. The fourth-order valence-corrected chi connectivity index (χ4v) is 2.97. The molecule has 0 aliphatic carbocycles. The van der Waals surface area contributed by atoms with E-state index in [0.717, 1.165) is 11.8 Å². The van der Waals surface area contributed by atoms with Gasteiger partial charge in [0.2, 0.25) is 10.0 Å². The summed E-state index contributed by atoms with van der Waals surface area (Å²) in [5.74, 6) is 0. The Labute approximate surface area is 114 Å². The molecule has 0 amide bonds. The summed E-state index contributed by atoms with van der Waals surface area (Å²) >= 11 is 6.03. The molecule has 18 heavy (non-hydrogen) atoms. The fraction of sp³-hybridized carbons (Fsp3) is 0.500. The van der Waals surface area contributed by atoms with Crippen LogP contribution in [0.3, 0.4) is 0 Å². The molecule has 0 bridgehead atoms. The highest BCUT2D eigenvalue weighted by Crippen LogP contribution is 2.14. The lowest BCUT2D eigenvalue weighted by atomic mass is 10.1. The van der Waals surface area contributed by atoms with Gasteiger partial charge in [0.15, 0.2) is 0 Å². The van der Waals surface area contributed by atoms with Crippen LogP contribution in [0.2, 0.25) is 5.02 Å². The highest BCUT2D eigenvalue weighted by atomic mass is 35.5. The highest BCUT2D eigenvalue weighted by Gasteiger charge is 2.21. The molecule has 4 nitrogen and oxygen atoms in total. The average Bonchev–Trinajstić information content (AvgIpc) is 2.17. The van der Waals surface area contributed by atoms with Gasteiger partial charge in [0, 0.05) is 23.7 Å². The van der Waals surface area contributed by atoms with Crippen LogP contribution < -0.4 is 10.0 Å². The Morgan fingerprint density at radius 2 is 1.89 bits per heavy atom. The van der Waals surface area contributed by atoms with Gasteiger partial charge in [-0.15, -0.1) is 0 Å². The summed E-state index contributed by atoms with van der Waals surface area (Å²) in [6.07, 6.45) is 1.16. The molecule has 0 heterocycles. The molecule has 0 fully saturated rings. The van der Waals surface area contributed by atoms with Crippen molar-refractivity contribution < 1.29 is 8.42 Å². The summed E-state index contributed by atoms with van der Waals surface area (Å²) in [5.41, 5.74) is 0.462. The Bertz CT molecular complexity index is 501. The first-order chi connectivity index (χ1) is 8.20. The first-order valence-electron chi connectivity index (χ1n) is 5.63. The monoisotopic (exact) mass is 290 g/mol. The maximum atomic E-state index is 11.2. The van der Waals surface area contributed by atoms with Crippen LogP contribution in [0, 0.1) is 0 Å². The number of halogens is 1. The standard InChI is InChI=1S/C12H19ClN2O2S/c1-12(2,15-18(3,16)17)9-14-8-10-6-4-5-7-11(10)13/h4-7,14-15H,8-9H2,1-3H3. The number of benzene rings is 1. The Morgan fingerprint density at radius 3 is 2.44 bits per heavy atom. The fourth-order valence-electron chi connectivity index (χ4n) is 1.69. The van der Waals surface area contributed by atoms with Gasteiger partial charge in [0.1, 0.15) is 0 Å². The lowest BCUT2D eigenvalue weighted by Crippen LogP contribution is -2.49. The lowest BCUT2D eigenvalue weighted by molar-refractivity contribution is 0.421. The second kappa shape index (κ2) is 6.02. The molecule has 1 aromatic rings. The first-order valence-corrected chi connectivity index (χ1v) is 7.90. The third-order valence-corrected chi connectivity index (χ3v) is 3.59. The van der Waals surface area contributed by atoms with Crippen LogP contribution in [-0.4, -0.2) is 26.8 Å². The molecule has 2 N–H and O–H groups in total. The number of nitrogens with one attached hydrogen (secondary N) is 2. The summed E-state index contributed by atoms with van der Waals surface area (Å²) in [5, 5.41) is 3.90. The van der Waals surface area contributed by atoms with Crippen molar-refractivity contribution in [3.8, 4) is 0 Å². The van der Waals surface area contributed by atoms with Crippen molar-refractivity contribution in [3.63, 3.8) is 0 Å². The summed E-state index contributed by atoms with van der Waals surface area (Å²) in [6.45, 7) is 4.78. The summed E-state index contributed by atoms with van der Waals surface area (Å²) in [4.78, 5) is 0. The summed E-state index contributed by atoms with van der Waals surface area (Å²) in [7, 11) is -3.20. The predicted molar refractivity (Wildman–Crippen MR) is 75.2 cm³/mol. The summed E-state index contributed by atoms with van der Waals surface area (Å²) < 4.78 is 24.9. The SMILES string of the molecule is CC(C)(CNCc1ccccc1Cl)NS(C)(=O)=O. The van der Waals surface area contributed by atoms with Crippen molar-refractivity contribution in [1.82, 2.24) is 10.0 Å². The molecule has 0 saturated carbocycles. The molecular formula is C12H19ClN2O2S. The molecule has 0 unspecified atom stereocenters. The van der Waals surface area contributed by atoms with E-state index in [9.17, 15) is 8.42 Å². The quantitative estimate of drug-likeness (QED) is 0.839. The van der Waals surface area contributed by atoms with Gasteiger partial charge in [0.25, 0.3) is 0 Å². The second-order valence-corrected chi connectivity index (χ2v) is 7.11. The molecule has 1 aromatic carbocycles. The number of sulfonamides is 1. The maximum Gasteiger partial charge on any atom is 0.209 e. The van der Waals surface area contributed by atoms with Crippen LogP contribution in [0.5, 0.6) is 0 Å². The number of hydrogen-bond donors (Lipinski definition) is 2. The first kappa shape index (κ1) is 15.4. The van der Waals surface area contributed by atoms with E-state index in [4.69, 9.17) is 11.6 Å². The smallest absolute Gasteiger partial charge is 0.209 e. The molecule has 6 heteroatoms. The van der Waals surface area contributed by atoms with Gasteiger partial charge in [-0.3, -0.25) is 0 Å². The molecule has 102 valence electrons. The molecule has 0 saturated heterocycles. The predicted octanol–water partition coefficient (Wildman–Crippen LogP) is 1.76. The molecule has 0 atom stereocenters. The lowest BCUT2D eigenvalue weighted by Gasteiger charge is -2.25. The third-order valence-electron chi connectivity index (χ3n) is 2.30. The van der Waals surface area contributed by atoms with Crippen molar-refractivity contribution in [1.29, 1.82) is 0 Å². The Kier molecular flexibility index (Phi) is 5.16. The van der Waals surface area contributed by atoms with E-state index < -0.39 is 15.6 Å². The maximum absolute atomic E-state index is 11.2. The Hall–Kier alpha value is -0.620. The van der Waals surface area contributed by atoms with Crippen molar-refractivity contribution in [3.05, 3.63) is 34.9 Å². The minimum atomic E-state index is -3.20. The molecule has 0 aromatic heterocycles. The molecule has 0 radical (unpaired) electrons. The van der Waals surface area contributed by atoms with E-state index in [-0.39, 0.29) is 0 Å². The zero-order valence-electron chi connectivity index (χ0n) is 10.8. The summed E-state index contributed by atoms with van der Waals surface area (Å²) in [6, 6.07) is 7.56. The van der Waals surface area contributed by atoms with Gasteiger partial charge in [0.05, 0.1) is 6.26 Å². The molecule has 0 aliphatic rings. The van der Waals surface area contributed by atoms with Crippen LogP contribution in [0.15, 0.2) is 24.3 Å². The average molecular weight is 291 g/mol. The van der Waals surface area contributed by atoms with Gasteiger partial charge in [-0.1, -0.05) is 29.8 Å². The topological polar surface area (TPSA) is 58.2 Å². The van der Waals surface area contributed by atoms with E-state index in [0.29, 0.717) is 18.1 Å². The molecule has 0 aliphatic heterocycles. The van der Waals surface area contributed by atoms with Gasteiger partial charge in [-0.05, 0) is 25.5 Å². The van der Waals surface area contributed by atoms with Gasteiger partial charge in [-0.2, -0.15) is 0 Å². The van der Waals surface area contributed by atoms with E-state index >= 15 is 0 Å². The van der Waals surface area contributed by atoms with Crippen molar-refractivity contribution in [2.45, 2.75) is 25.9 Å². The van der Waals surface area contributed by atoms with Crippen molar-refractivity contribution in [2.75, 3.05) is 12.8 Å². The number of rotatable bonds is 6. The van der Waals surface area contributed by atoms with Crippen LogP contribution in [0.4, 0.5) is 0 Å². The van der Waals surface area contributed by atoms with Crippen molar-refractivity contribution >= 4 is 21.6 Å². The van der Waals surface area contributed by atoms with Crippen molar-refractivity contribution in [2.24, 2.45) is 0 Å². The van der Waals surface area contributed by atoms with E-state index in [1.54, 1.807) is 0 Å². The van der Waals surface area contributed by atoms with E-state index in [1.807, 2.05) is 38.1 Å². The number of hydrogen-bond acceptors (Lipinski definition) is 3. The zero-order valence-corrected chi connectivity index (χ0v) is 12.4. The highest BCUT2D eigenvalue weighted by molar-refractivity contribution is 7.88. The third kappa shape index (κ3) is 5.82. The largest absolute Gasteiger partial charge is 0.311 e. The van der Waals surface area contributed by atoms with Gasteiger partial charge in [-0.25, -0.2) is 13.1 Å². The Balaban J connectivity index is 2.49. The van der Waals surface area contributed by atoms with Crippen LogP contribution >= 0.6 is 11.6 Å². The normalized spacial score (nSPS) is 12.7. The van der Waals surface area contributed by atoms with Gasteiger partial charge >= 0.3 is 0 Å². The van der Waals surface area contributed by atoms with Crippen LogP contribution in [0.25, 0.3) is 0 Å². The van der Waals surface area contributed by atoms with Crippen LogP contribution in [0.1, 0.15) is 19.4 Å². The molecule has 0 spiro atoms. The van der Waals surface area contributed by atoms with E-state index in [1.165, 1.54) is 0 Å².